The van der Waals surface area contributed by atoms with E-state index < -0.39 is 12.0 Å². The largest absolute Gasteiger partial charge is 0.480 e. The van der Waals surface area contributed by atoms with Crippen LogP contribution in [0.25, 0.3) is 0 Å². The fraction of sp³-hybridized carbons (Fsp3) is 0.429. The molecule has 0 saturated heterocycles. The highest BCUT2D eigenvalue weighted by atomic mass is 16.5. The lowest BCUT2D eigenvalue weighted by Gasteiger charge is -2.25. The molecule has 0 saturated carbocycles. The molecule has 1 heterocycles. The van der Waals surface area contributed by atoms with Gasteiger partial charge in [-0.2, -0.15) is 0 Å². The van der Waals surface area contributed by atoms with Crippen LogP contribution in [0.5, 0.6) is 0 Å². The van der Waals surface area contributed by atoms with Gasteiger partial charge in [0.25, 0.3) is 0 Å². The predicted octanol–water partition coefficient (Wildman–Crippen LogP) is 1.28. The minimum Gasteiger partial charge on any atom is -0.480 e. The molecule has 1 amide bonds. The van der Waals surface area contributed by atoms with E-state index >= 15 is 0 Å². The van der Waals surface area contributed by atoms with E-state index in [-0.39, 0.29) is 18.4 Å². The van der Waals surface area contributed by atoms with Crippen LogP contribution in [-0.4, -0.2) is 29.6 Å². The standard InChI is InChI=1S/C14H17NO4/c1-9(14(17)18)15-13(16)8-12-11-5-3-2-4-10(11)6-7-19-12/h2-5,9,12H,6-8H2,1H3,(H,15,16)(H,17,18)/t9-,12?/m1/s1. The predicted molar refractivity (Wildman–Crippen MR) is 68.7 cm³/mol. The minimum atomic E-state index is -1.04. The molecule has 1 aromatic rings. The fourth-order valence-electron chi connectivity index (χ4n) is 2.18. The molecule has 0 bridgehead atoms. The van der Waals surface area contributed by atoms with Crippen LogP contribution in [0.3, 0.4) is 0 Å². The molecule has 1 aliphatic rings. The summed E-state index contributed by atoms with van der Waals surface area (Å²) in [6.45, 7) is 2.03. The molecule has 19 heavy (non-hydrogen) atoms. The number of carbonyl (C=O) groups excluding carboxylic acids is 1. The first kappa shape index (κ1) is 13.5. The van der Waals surface area contributed by atoms with Gasteiger partial charge in [0.15, 0.2) is 0 Å². The number of hydrogen-bond acceptors (Lipinski definition) is 3. The molecule has 1 aliphatic heterocycles. The first-order valence-corrected chi connectivity index (χ1v) is 6.29. The number of fused-ring (bicyclic) bond motifs is 1. The van der Waals surface area contributed by atoms with Gasteiger partial charge in [0, 0.05) is 0 Å². The van der Waals surface area contributed by atoms with Crippen molar-refractivity contribution in [2.24, 2.45) is 0 Å². The highest BCUT2D eigenvalue weighted by Crippen LogP contribution is 2.29. The Bertz CT molecular complexity index is 486. The van der Waals surface area contributed by atoms with E-state index in [4.69, 9.17) is 9.84 Å². The Morgan fingerprint density at radius 1 is 1.47 bits per heavy atom. The van der Waals surface area contributed by atoms with Gasteiger partial charge in [-0.15, -0.1) is 0 Å². The maximum atomic E-state index is 11.8. The number of carboxylic acid groups (broad SMARTS) is 1. The summed E-state index contributed by atoms with van der Waals surface area (Å²) >= 11 is 0. The van der Waals surface area contributed by atoms with E-state index in [0.717, 1.165) is 12.0 Å². The van der Waals surface area contributed by atoms with Crippen molar-refractivity contribution in [3.05, 3.63) is 35.4 Å². The number of hydrogen-bond donors (Lipinski definition) is 2. The van der Waals surface area contributed by atoms with Gasteiger partial charge in [-0.3, -0.25) is 9.59 Å². The van der Waals surface area contributed by atoms with Crippen LogP contribution in [0.2, 0.25) is 0 Å². The zero-order valence-electron chi connectivity index (χ0n) is 10.8. The SMILES string of the molecule is C[C@@H](NC(=O)CC1OCCc2ccccc21)C(=O)O. The lowest BCUT2D eigenvalue weighted by molar-refractivity contribution is -0.141. The molecule has 5 heteroatoms. The number of aliphatic carboxylic acids is 1. The van der Waals surface area contributed by atoms with Crippen molar-refractivity contribution in [1.29, 1.82) is 0 Å². The van der Waals surface area contributed by atoms with Crippen LogP contribution < -0.4 is 5.32 Å². The fourth-order valence-corrected chi connectivity index (χ4v) is 2.18. The van der Waals surface area contributed by atoms with Crippen molar-refractivity contribution in [2.75, 3.05) is 6.61 Å². The number of nitrogens with one attached hydrogen (secondary N) is 1. The van der Waals surface area contributed by atoms with Crippen LogP contribution >= 0.6 is 0 Å². The normalized spacial score (nSPS) is 19.3. The summed E-state index contributed by atoms with van der Waals surface area (Å²) < 4.78 is 5.61. The zero-order chi connectivity index (χ0) is 13.8. The number of ether oxygens (including phenoxy) is 1. The molecule has 5 nitrogen and oxygen atoms in total. The quantitative estimate of drug-likeness (QED) is 0.858. The third-order valence-corrected chi connectivity index (χ3v) is 3.21. The second-order valence-corrected chi connectivity index (χ2v) is 4.64. The Hall–Kier alpha value is -1.88. The van der Waals surface area contributed by atoms with Crippen molar-refractivity contribution in [3.8, 4) is 0 Å². The van der Waals surface area contributed by atoms with Gasteiger partial charge in [0.1, 0.15) is 6.04 Å². The molecular weight excluding hydrogens is 246 g/mol. The van der Waals surface area contributed by atoms with E-state index in [2.05, 4.69) is 5.32 Å². The topological polar surface area (TPSA) is 75.6 Å². The van der Waals surface area contributed by atoms with Gasteiger partial charge in [-0.1, -0.05) is 24.3 Å². The van der Waals surface area contributed by atoms with Gasteiger partial charge in [-0.05, 0) is 24.5 Å². The number of benzene rings is 1. The monoisotopic (exact) mass is 263 g/mol. The Kier molecular flexibility index (Phi) is 4.16. The summed E-state index contributed by atoms with van der Waals surface area (Å²) in [5, 5.41) is 11.2. The summed E-state index contributed by atoms with van der Waals surface area (Å²) in [5.74, 6) is -1.35. The number of carboxylic acids is 1. The average Bonchev–Trinajstić information content (AvgIpc) is 2.39. The third kappa shape index (κ3) is 3.32. The Balaban J connectivity index is 2.01. The number of amides is 1. The molecule has 2 N–H and O–H groups in total. The number of carbonyl (C=O) groups is 2. The van der Waals surface area contributed by atoms with E-state index in [1.165, 1.54) is 12.5 Å². The van der Waals surface area contributed by atoms with Crippen LogP contribution in [0.15, 0.2) is 24.3 Å². The molecule has 0 fully saturated rings. The first-order valence-electron chi connectivity index (χ1n) is 6.29. The Morgan fingerprint density at radius 3 is 2.95 bits per heavy atom. The number of rotatable bonds is 4. The summed E-state index contributed by atoms with van der Waals surface area (Å²) in [6.07, 6.45) is 0.708. The van der Waals surface area contributed by atoms with Crippen molar-refractivity contribution in [2.45, 2.75) is 31.9 Å². The molecule has 0 radical (unpaired) electrons. The van der Waals surface area contributed by atoms with Crippen LogP contribution in [0, 0.1) is 0 Å². The van der Waals surface area contributed by atoms with E-state index in [1.54, 1.807) is 0 Å². The minimum absolute atomic E-state index is 0.147. The van der Waals surface area contributed by atoms with E-state index in [1.807, 2.05) is 24.3 Å². The lowest BCUT2D eigenvalue weighted by Crippen LogP contribution is -2.39. The van der Waals surface area contributed by atoms with E-state index in [0.29, 0.717) is 6.61 Å². The molecular formula is C14H17NO4. The van der Waals surface area contributed by atoms with E-state index in [9.17, 15) is 9.59 Å². The third-order valence-electron chi connectivity index (χ3n) is 3.21. The van der Waals surface area contributed by atoms with Gasteiger partial charge in [-0.25, -0.2) is 0 Å². The molecule has 2 atom stereocenters. The Morgan fingerprint density at radius 2 is 2.21 bits per heavy atom. The van der Waals surface area contributed by atoms with Gasteiger partial charge < -0.3 is 15.2 Å². The summed E-state index contributed by atoms with van der Waals surface area (Å²) in [7, 11) is 0. The molecule has 1 unspecified atom stereocenters. The van der Waals surface area contributed by atoms with Crippen LogP contribution in [-0.2, 0) is 20.7 Å². The Labute approximate surface area is 111 Å². The van der Waals surface area contributed by atoms with Gasteiger partial charge in [0.2, 0.25) is 5.91 Å². The second kappa shape index (κ2) is 5.84. The summed E-state index contributed by atoms with van der Waals surface area (Å²) in [4.78, 5) is 22.5. The molecule has 1 aromatic carbocycles. The zero-order valence-corrected chi connectivity index (χ0v) is 10.8. The average molecular weight is 263 g/mol. The highest BCUT2D eigenvalue weighted by molar-refractivity contribution is 5.83. The summed E-state index contributed by atoms with van der Waals surface area (Å²) in [5.41, 5.74) is 2.21. The first-order chi connectivity index (χ1) is 9.08. The lowest BCUT2D eigenvalue weighted by atomic mass is 9.95. The molecule has 0 spiro atoms. The maximum absolute atomic E-state index is 11.8. The maximum Gasteiger partial charge on any atom is 0.325 e. The van der Waals surface area contributed by atoms with Crippen molar-refractivity contribution in [1.82, 2.24) is 5.32 Å². The van der Waals surface area contributed by atoms with Crippen molar-refractivity contribution >= 4 is 11.9 Å². The molecule has 2 rings (SSSR count). The smallest absolute Gasteiger partial charge is 0.325 e. The molecule has 102 valence electrons. The van der Waals surface area contributed by atoms with Crippen LogP contribution in [0.1, 0.15) is 30.6 Å². The highest BCUT2D eigenvalue weighted by Gasteiger charge is 2.24. The molecule has 0 aliphatic carbocycles. The van der Waals surface area contributed by atoms with Crippen molar-refractivity contribution < 1.29 is 19.4 Å². The van der Waals surface area contributed by atoms with Gasteiger partial charge >= 0.3 is 5.97 Å². The van der Waals surface area contributed by atoms with Gasteiger partial charge in [0.05, 0.1) is 19.1 Å². The second-order valence-electron chi connectivity index (χ2n) is 4.64. The summed E-state index contributed by atoms with van der Waals surface area (Å²) in [6, 6.07) is 6.98. The van der Waals surface area contributed by atoms with Crippen molar-refractivity contribution in [3.63, 3.8) is 0 Å². The van der Waals surface area contributed by atoms with Crippen LogP contribution in [0.4, 0.5) is 0 Å². The molecule has 0 aromatic heterocycles.